The second-order valence-electron chi connectivity index (χ2n) is 2.84. The Balaban J connectivity index is 2.55. The zero-order valence-corrected chi connectivity index (χ0v) is 11.1. The average Bonchev–Trinajstić information content (AvgIpc) is 2.21. The predicted octanol–water partition coefficient (Wildman–Crippen LogP) is 1.02. The summed E-state index contributed by atoms with van der Waals surface area (Å²) in [6, 6.07) is 0. The van der Waals surface area contributed by atoms with Gasteiger partial charge in [0.25, 0.3) is 0 Å². The lowest BCUT2D eigenvalue weighted by molar-refractivity contribution is 0.163. The van der Waals surface area contributed by atoms with Crippen LogP contribution in [0.1, 0.15) is 6.92 Å². The van der Waals surface area contributed by atoms with E-state index in [0.717, 1.165) is 0 Å². The van der Waals surface area contributed by atoms with E-state index in [1.165, 1.54) is 12.4 Å². The molecule has 1 heterocycles. The van der Waals surface area contributed by atoms with Crippen molar-refractivity contribution in [3.63, 3.8) is 0 Å². The third kappa shape index (κ3) is 4.86. The topological polar surface area (TPSA) is 81.2 Å². The maximum atomic E-state index is 11.5. The summed E-state index contributed by atoms with van der Waals surface area (Å²) >= 11 is 3.11. The van der Waals surface area contributed by atoms with Crippen molar-refractivity contribution < 1.29 is 13.2 Å². The Hall–Kier alpha value is -0.730. The zero-order chi connectivity index (χ0) is 12.0. The first-order chi connectivity index (χ1) is 7.53. The van der Waals surface area contributed by atoms with Crippen LogP contribution in [0.25, 0.3) is 0 Å². The van der Waals surface area contributed by atoms with E-state index in [0.29, 0.717) is 11.2 Å². The number of nitrogens with one attached hydrogen (secondary N) is 1. The van der Waals surface area contributed by atoms with Crippen LogP contribution in [0, 0.1) is 0 Å². The van der Waals surface area contributed by atoms with Crippen LogP contribution in [-0.2, 0) is 14.8 Å². The van der Waals surface area contributed by atoms with E-state index in [1.54, 1.807) is 6.92 Å². The second-order valence-corrected chi connectivity index (χ2v) is 5.50. The molecule has 0 aromatic carbocycles. The third-order valence-electron chi connectivity index (χ3n) is 1.58. The lowest BCUT2D eigenvalue weighted by Gasteiger charge is -2.06. The number of anilines is 1. The molecule has 0 radical (unpaired) electrons. The molecule has 6 nitrogen and oxygen atoms in total. The quantitative estimate of drug-likeness (QED) is 0.793. The summed E-state index contributed by atoms with van der Waals surface area (Å²) in [7, 11) is -3.41. The van der Waals surface area contributed by atoms with Crippen LogP contribution in [0.5, 0.6) is 0 Å². The number of hydrogen-bond donors (Lipinski definition) is 1. The van der Waals surface area contributed by atoms with Crippen LogP contribution >= 0.6 is 15.9 Å². The average molecular weight is 310 g/mol. The number of sulfonamides is 1. The molecule has 1 aromatic rings. The van der Waals surface area contributed by atoms with Gasteiger partial charge < -0.3 is 4.74 Å². The van der Waals surface area contributed by atoms with Gasteiger partial charge in [0, 0.05) is 6.61 Å². The first-order valence-corrected chi connectivity index (χ1v) is 7.04. The first-order valence-electron chi connectivity index (χ1n) is 4.59. The van der Waals surface area contributed by atoms with Crippen LogP contribution in [-0.4, -0.2) is 37.4 Å². The van der Waals surface area contributed by atoms with Gasteiger partial charge >= 0.3 is 0 Å². The predicted molar refractivity (Wildman–Crippen MR) is 63.6 cm³/mol. The summed E-state index contributed by atoms with van der Waals surface area (Å²) in [6.07, 6.45) is 2.75. The van der Waals surface area contributed by atoms with Gasteiger partial charge in [0.1, 0.15) is 4.60 Å². The van der Waals surface area contributed by atoms with Gasteiger partial charge in [-0.1, -0.05) is 0 Å². The molecule has 1 rings (SSSR count). The maximum Gasteiger partial charge on any atom is 0.236 e. The summed E-state index contributed by atoms with van der Waals surface area (Å²) in [4.78, 5) is 7.71. The summed E-state index contributed by atoms with van der Waals surface area (Å²) in [6.45, 7) is 2.46. The van der Waals surface area contributed by atoms with Crippen molar-refractivity contribution in [2.24, 2.45) is 0 Å². The van der Waals surface area contributed by atoms with Crippen molar-refractivity contribution in [2.45, 2.75) is 6.92 Å². The van der Waals surface area contributed by atoms with Crippen LogP contribution in [0.3, 0.4) is 0 Å². The Labute approximate surface area is 103 Å². The van der Waals surface area contributed by atoms with Crippen molar-refractivity contribution in [1.29, 1.82) is 0 Å². The molecular weight excluding hydrogens is 298 g/mol. The normalized spacial score (nSPS) is 11.4. The molecule has 0 aliphatic rings. The molecule has 1 aromatic heterocycles. The first kappa shape index (κ1) is 13.3. The van der Waals surface area contributed by atoms with Gasteiger partial charge in [-0.2, -0.15) is 0 Å². The van der Waals surface area contributed by atoms with Crippen molar-refractivity contribution in [1.82, 2.24) is 9.97 Å². The number of rotatable bonds is 6. The summed E-state index contributed by atoms with van der Waals surface area (Å²) in [5.41, 5.74) is 0. The minimum atomic E-state index is -3.41. The van der Waals surface area contributed by atoms with Gasteiger partial charge in [-0.3, -0.25) is 4.72 Å². The minimum absolute atomic E-state index is 0.0986. The Morgan fingerprint density at radius 2 is 2.19 bits per heavy atom. The number of nitrogens with zero attached hydrogens (tertiary/aromatic N) is 2. The molecule has 16 heavy (non-hydrogen) atoms. The van der Waals surface area contributed by atoms with Gasteiger partial charge in [-0.15, -0.1) is 0 Å². The second kappa shape index (κ2) is 6.12. The maximum absolute atomic E-state index is 11.5. The van der Waals surface area contributed by atoms with Gasteiger partial charge in [0.2, 0.25) is 10.0 Å². The van der Waals surface area contributed by atoms with E-state index in [2.05, 4.69) is 30.6 Å². The van der Waals surface area contributed by atoms with E-state index in [9.17, 15) is 8.42 Å². The SMILES string of the molecule is CCOCCS(=O)(=O)Nc1cnc(Br)cn1. The van der Waals surface area contributed by atoms with E-state index >= 15 is 0 Å². The molecule has 0 atom stereocenters. The van der Waals surface area contributed by atoms with Gasteiger partial charge in [-0.05, 0) is 22.9 Å². The van der Waals surface area contributed by atoms with Crippen LogP contribution in [0.4, 0.5) is 5.82 Å². The highest BCUT2D eigenvalue weighted by atomic mass is 79.9. The zero-order valence-electron chi connectivity index (χ0n) is 8.68. The lowest BCUT2D eigenvalue weighted by atomic mass is 10.7. The van der Waals surface area contributed by atoms with Crippen molar-refractivity contribution in [2.75, 3.05) is 23.7 Å². The molecule has 90 valence electrons. The number of hydrogen-bond acceptors (Lipinski definition) is 5. The van der Waals surface area contributed by atoms with E-state index in [-0.39, 0.29) is 18.2 Å². The summed E-state index contributed by atoms with van der Waals surface area (Å²) in [5.74, 6) is 0.0955. The highest BCUT2D eigenvalue weighted by Crippen LogP contribution is 2.07. The van der Waals surface area contributed by atoms with Gasteiger partial charge in [0.05, 0.1) is 24.8 Å². The van der Waals surface area contributed by atoms with E-state index in [4.69, 9.17) is 4.74 Å². The molecule has 0 bridgehead atoms. The number of ether oxygens (including phenoxy) is 1. The molecule has 0 aliphatic carbocycles. The number of halogens is 1. The van der Waals surface area contributed by atoms with Crippen molar-refractivity contribution >= 4 is 31.8 Å². The molecule has 0 unspecified atom stereocenters. The molecule has 0 aliphatic heterocycles. The Morgan fingerprint density at radius 3 is 2.75 bits per heavy atom. The minimum Gasteiger partial charge on any atom is -0.381 e. The van der Waals surface area contributed by atoms with Crippen LogP contribution in [0.15, 0.2) is 17.0 Å². The molecular formula is C8H12BrN3O3S. The van der Waals surface area contributed by atoms with Crippen LogP contribution in [0.2, 0.25) is 0 Å². The number of aromatic nitrogens is 2. The van der Waals surface area contributed by atoms with Crippen molar-refractivity contribution in [3.05, 3.63) is 17.0 Å². The smallest absolute Gasteiger partial charge is 0.236 e. The fourth-order valence-electron chi connectivity index (χ4n) is 0.888. The molecule has 0 saturated carbocycles. The standard InChI is InChI=1S/C8H12BrN3O3S/c1-2-15-3-4-16(13,14)12-8-6-10-7(9)5-11-8/h5-6H,2-4H2,1H3,(H,11,12). The van der Waals surface area contributed by atoms with Crippen molar-refractivity contribution in [3.8, 4) is 0 Å². The molecule has 0 amide bonds. The molecule has 0 fully saturated rings. The highest BCUT2D eigenvalue weighted by Gasteiger charge is 2.10. The molecule has 0 spiro atoms. The van der Waals surface area contributed by atoms with E-state index in [1.807, 2.05) is 0 Å². The largest absolute Gasteiger partial charge is 0.381 e. The molecule has 8 heteroatoms. The third-order valence-corrected chi connectivity index (χ3v) is 3.21. The highest BCUT2D eigenvalue weighted by molar-refractivity contribution is 9.10. The van der Waals surface area contributed by atoms with E-state index < -0.39 is 10.0 Å². The monoisotopic (exact) mass is 309 g/mol. The lowest BCUT2D eigenvalue weighted by Crippen LogP contribution is -2.20. The fraction of sp³-hybridized carbons (Fsp3) is 0.500. The van der Waals surface area contributed by atoms with Gasteiger partial charge in [0.15, 0.2) is 5.82 Å². The Bertz CT molecular complexity index is 421. The summed E-state index contributed by atoms with van der Waals surface area (Å²) in [5, 5.41) is 0. The van der Waals surface area contributed by atoms with Crippen LogP contribution < -0.4 is 4.72 Å². The molecule has 0 saturated heterocycles. The fourth-order valence-corrected chi connectivity index (χ4v) is 1.96. The Kier molecular flexibility index (Phi) is 5.10. The van der Waals surface area contributed by atoms with Gasteiger partial charge in [-0.25, -0.2) is 18.4 Å². The Morgan fingerprint density at radius 1 is 1.44 bits per heavy atom. The molecule has 1 N–H and O–H groups in total. The summed E-state index contributed by atoms with van der Waals surface area (Å²) < 4.78 is 30.8.